The van der Waals surface area contributed by atoms with Crippen LogP contribution >= 0.6 is 11.6 Å². The molecule has 2 aromatic heterocycles. The summed E-state index contributed by atoms with van der Waals surface area (Å²) >= 11 is 5.92. The first-order chi connectivity index (χ1) is 15.2. The SMILES string of the molecule is O=C(Nc1cccc(C(F)(F)F)c1)c1cc2cccnc2n(Cc2ccc(Cl)cc2)c1=O. The Morgan fingerprint density at radius 2 is 1.78 bits per heavy atom. The van der Waals surface area contributed by atoms with Crippen LogP contribution in [-0.2, 0) is 12.7 Å². The second-order valence-corrected chi connectivity index (χ2v) is 7.46. The number of alkyl halides is 3. The van der Waals surface area contributed by atoms with E-state index < -0.39 is 23.2 Å². The van der Waals surface area contributed by atoms with E-state index in [1.54, 1.807) is 36.4 Å². The van der Waals surface area contributed by atoms with E-state index in [9.17, 15) is 22.8 Å². The molecule has 4 aromatic rings. The van der Waals surface area contributed by atoms with Crippen molar-refractivity contribution in [2.45, 2.75) is 12.7 Å². The first-order valence-electron chi connectivity index (χ1n) is 9.44. The lowest BCUT2D eigenvalue weighted by Crippen LogP contribution is -2.30. The molecule has 1 N–H and O–H groups in total. The minimum Gasteiger partial charge on any atom is -0.322 e. The first-order valence-corrected chi connectivity index (χ1v) is 9.82. The number of rotatable bonds is 4. The maximum Gasteiger partial charge on any atom is 0.416 e. The number of benzene rings is 2. The van der Waals surface area contributed by atoms with Crippen LogP contribution in [0.3, 0.4) is 0 Å². The third kappa shape index (κ3) is 4.50. The molecule has 5 nitrogen and oxygen atoms in total. The van der Waals surface area contributed by atoms with E-state index >= 15 is 0 Å². The van der Waals surface area contributed by atoms with Gasteiger partial charge >= 0.3 is 6.18 Å². The molecule has 0 aliphatic carbocycles. The number of halogens is 4. The summed E-state index contributed by atoms with van der Waals surface area (Å²) in [6.07, 6.45) is -3.02. The molecular weight excluding hydrogens is 443 g/mol. The van der Waals surface area contributed by atoms with Crippen LogP contribution in [-0.4, -0.2) is 15.5 Å². The third-order valence-corrected chi connectivity index (χ3v) is 5.05. The van der Waals surface area contributed by atoms with E-state index in [1.807, 2.05) is 0 Å². The Labute approximate surface area is 185 Å². The van der Waals surface area contributed by atoms with Gasteiger partial charge in [-0.15, -0.1) is 0 Å². The average molecular weight is 458 g/mol. The molecule has 0 aliphatic rings. The summed E-state index contributed by atoms with van der Waals surface area (Å²) in [7, 11) is 0. The van der Waals surface area contributed by atoms with Crippen molar-refractivity contribution in [3.63, 3.8) is 0 Å². The van der Waals surface area contributed by atoms with E-state index in [-0.39, 0.29) is 17.8 Å². The molecule has 0 radical (unpaired) electrons. The molecule has 1 amide bonds. The minimum absolute atomic E-state index is 0.0697. The number of carbonyl (C=O) groups is 1. The van der Waals surface area contributed by atoms with Gasteiger partial charge in [0.25, 0.3) is 11.5 Å². The van der Waals surface area contributed by atoms with Crippen molar-refractivity contribution in [2.24, 2.45) is 0 Å². The summed E-state index contributed by atoms with van der Waals surface area (Å²) in [6.45, 7) is 0.133. The standard InChI is InChI=1S/C23H15ClF3N3O2/c24-17-8-6-14(7-9-17)13-30-20-15(3-2-10-28-20)11-19(22(30)32)21(31)29-18-5-1-4-16(12-18)23(25,26)27/h1-12H,13H2,(H,29,31). The van der Waals surface area contributed by atoms with Gasteiger partial charge in [-0.3, -0.25) is 14.2 Å². The molecule has 0 fully saturated rings. The zero-order valence-electron chi connectivity index (χ0n) is 16.4. The number of hydrogen-bond donors (Lipinski definition) is 1. The summed E-state index contributed by atoms with van der Waals surface area (Å²) in [4.78, 5) is 30.3. The Bertz CT molecular complexity index is 1370. The molecule has 0 aliphatic heterocycles. The number of fused-ring (bicyclic) bond motifs is 1. The number of nitrogens with one attached hydrogen (secondary N) is 1. The van der Waals surface area contributed by atoms with Crippen LogP contribution in [0, 0.1) is 0 Å². The lowest BCUT2D eigenvalue weighted by Gasteiger charge is -2.13. The topological polar surface area (TPSA) is 64.0 Å². The first kappa shape index (κ1) is 21.6. The van der Waals surface area contributed by atoms with E-state index in [1.165, 1.54) is 29.0 Å². The molecule has 2 heterocycles. The molecule has 9 heteroatoms. The highest BCUT2D eigenvalue weighted by Gasteiger charge is 2.30. The smallest absolute Gasteiger partial charge is 0.322 e. The summed E-state index contributed by atoms with van der Waals surface area (Å²) in [6, 6.07) is 15.8. The third-order valence-electron chi connectivity index (χ3n) is 4.79. The molecule has 0 saturated carbocycles. The second kappa shape index (κ2) is 8.47. The van der Waals surface area contributed by atoms with Gasteiger partial charge in [-0.2, -0.15) is 13.2 Å². The van der Waals surface area contributed by atoms with Gasteiger partial charge < -0.3 is 5.32 Å². The largest absolute Gasteiger partial charge is 0.416 e. The summed E-state index contributed by atoms with van der Waals surface area (Å²) in [5.74, 6) is -0.815. The predicted octanol–water partition coefficient (Wildman–Crippen LogP) is 5.37. The van der Waals surface area contributed by atoms with Gasteiger partial charge in [0.2, 0.25) is 0 Å². The number of aromatic nitrogens is 2. The predicted molar refractivity (Wildman–Crippen MR) is 116 cm³/mol. The number of nitrogens with zero attached hydrogens (tertiary/aromatic N) is 2. The molecular formula is C23H15ClF3N3O2. The summed E-state index contributed by atoms with van der Waals surface area (Å²) in [5, 5.41) is 3.46. The highest BCUT2D eigenvalue weighted by atomic mass is 35.5. The lowest BCUT2D eigenvalue weighted by atomic mass is 10.1. The highest BCUT2D eigenvalue weighted by molar-refractivity contribution is 6.30. The van der Waals surface area contributed by atoms with Crippen molar-refractivity contribution in [1.29, 1.82) is 0 Å². The Morgan fingerprint density at radius 1 is 1.03 bits per heavy atom. The Balaban J connectivity index is 1.74. The number of pyridine rings is 2. The van der Waals surface area contributed by atoms with Crippen LogP contribution < -0.4 is 10.9 Å². The summed E-state index contributed by atoms with van der Waals surface area (Å²) in [5.41, 5.74) is -0.660. The molecule has 0 unspecified atom stereocenters. The van der Waals surface area contributed by atoms with E-state index in [4.69, 9.17) is 11.6 Å². The Kier molecular flexibility index (Phi) is 5.71. The maximum absolute atomic E-state index is 13.2. The van der Waals surface area contributed by atoms with Crippen LogP contribution in [0.1, 0.15) is 21.5 Å². The zero-order chi connectivity index (χ0) is 22.9. The normalized spacial score (nSPS) is 11.5. The fourth-order valence-corrected chi connectivity index (χ4v) is 3.39. The highest BCUT2D eigenvalue weighted by Crippen LogP contribution is 2.30. The quantitative estimate of drug-likeness (QED) is 0.448. The van der Waals surface area contributed by atoms with E-state index in [0.717, 1.165) is 17.7 Å². The molecule has 32 heavy (non-hydrogen) atoms. The van der Waals surface area contributed by atoms with Crippen molar-refractivity contribution in [3.8, 4) is 0 Å². The lowest BCUT2D eigenvalue weighted by molar-refractivity contribution is -0.137. The number of carbonyl (C=O) groups excluding carboxylic acids is 1. The van der Waals surface area contributed by atoms with Gasteiger partial charge in [-0.1, -0.05) is 29.8 Å². The van der Waals surface area contributed by atoms with Gasteiger partial charge in [0.05, 0.1) is 12.1 Å². The Morgan fingerprint density at radius 3 is 2.50 bits per heavy atom. The van der Waals surface area contributed by atoms with Crippen LogP contribution in [0.15, 0.2) is 77.7 Å². The van der Waals surface area contributed by atoms with Gasteiger partial charge in [-0.05, 0) is 54.1 Å². The zero-order valence-corrected chi connectivity index (χ0v) is 17.1. The summed E-state index contributed by atoms with van der Waals surface area (Å²) < 4.78 is 40.3. The molecule has 2 aromatic carbocycles. The van der Waals surface area contributed by atoms with Gasteiger partial charge in [0, 0.05) is 22.3 Å². The van der Waals surface area contributed by atoms with Gasteiger partial charge in [0.15, 0.2) is 0 Å². The van der Waals surface area contributed by atoms with Gasteiger partial charge in [0.1, 0.15) is 11.2 Å². The fourth-order valence-electron chi connectivity index (χ4n) is 3.26. The fraction of sp³-hybridized carbons (Fsp3) is 0.0870. The van der Waals surface area contributed by atoms with Crippen LogP contribution in [0.5, 0.6) is 0 Å². The monoisotopic (exact) mass is 457 g/mol. The number of hydrogen-bond acceptors (Lipinski definition) is 3. The molecule has 162 valence electrons. The second-order valence-electron chi connectivity index (χ2n) is 7.02. The Hall–Kier alpha value is -3.65. The minimum atomic E-state index is -4.55. The van der Waals surface area contributed by atoms with Crippen molar-refractivity contribution >= 4 is 34.2 Å². The number of amides is 1. The van der Waals surface area contributed by atoms with E-state index in [2.05, 4.69) is 10.3 Å². The number of anilines is 1. The van der Waals surface area contributed by atoms with Crippen LogP contribution in [0.2, 0.25) is 5.02 Å². The van der Waals surface area contributed by atoms with Crippen molar-refractivity contribution < 1.29 is 18.0 Å². The molecule has 0 spiro atoms. The molecule has 0 saturated heterocycles. The van der Waals surface area contributed by atoms with Crippen LogP contribution in [0.4, 0.5) is 18.9 Å². The van der Waals surface area contributed by atoms with E-state index in [0.29, 0.717) is 16.1 Å². The molecule has 4 rings (SSSR count). The van der Waals surface area contributed by atoms with Crippen molar-refractivity contribution in [2.75, 3.05) is 5.32 Å². The average Bonchev–Trinajstić information content (AvgIpc) is 2.76. The van der Waals surface area contributed by atoms with Crippen molar-refractivity contribution in [1.82, 2.24) is 9.55 Å². The van der Waals surface area contributed by atoms with Crippen molar-refractivity contribution in [3.05, 3.63) is 105 Å². The molecule has 0 bridgehead atoms. The maximum atomic E-state index is 13.2. The van der Waals surface area contributed by atoms with Gasteiger partial charge in [-0.25, -0.2) is 4.98 Å². The van der Waals surface area contributed by atoms with Crippen LogP contribution in [0.25, 0.3) is 11.0 Å². The molecule has 0 atom stereocenters.